The van der Waals surface area contributed by atoms with Crippen molar-refractivity contribution in [1.29, 1.82) is 0 Å². The SMILES string of the molecule is COc1cc(N=Nc2cc(C)c3c[c-]cc(S(=O)(=O)O)c3c2)c(C)cc1N=Nc1c(S(=O)(=O)O)cc2cc(NS(C)(=O)=O)ccc2c1O.[Y]. The summed E-state index contributed by atoms with van der Waals surface area (Å²) in [7, 11) is -11.8. The van der Waals surface area contributed by atoms with Gasteiger partial charge >= 0.3 is 0 Å². The number of benzene rings is 5. The molecular formula is C30H26N5O10S3Y-. The van der Waals surface area contributed by atoms with E-state index in [-0.39, 0.29) is 70.9 Å². The number of hydrogen-bond donors (Lipinski definition) is 4. The third kappa shape index (κ3) is 8.46. The maximum Gasteiger partial charge on any atom is 0.296 e. The van der Waals surface area contributed by atoms with Crippen LogP contribution < -0.4 is 9.46 Å². The molecule has 0 aliphatic rings. The Labute approximate surface area is 306 Å². The Morgan fingerprint density at radius 2 is 1.41 bits per heavy atom. The summed E-state index contributed by atoms with van der Waals surface area (Å²) in [5.74, 6) is -0.515. The van der Waals surface area contributed by atoms with E-state index in [1.54, 1.807) is 26.0 Å². The van der Waals surface area contributed by atoms with Gasteiger partial charge in [-0.1, -0.05) is 12.5 Å². The number of sulfonamides is 1. The van der Waals surface area contributed by atoms with Crippen molar-refractivity contribution in [1.82, 2.24) is 0 Å². The number of phenolic OH excluding ortho intramolecular Hbond substituents is 1. The van der Waals surface area contributed by atoms with Gasteiger partial charge in [-0.15, -0.1) is 21.0 Å². The fourth-order valence-electron chi connectivity index (χ4n) is 4.87. The largest absolute Gasteiger partial charge is 0.505 e. The summed E-state index contributed by atoms with van der Waals surface area (Å²) in [6, 6.07) is 16.6. The van der Waals surface area contributed by atoms with Gasteiger partial charge in [-0.2, -0.15) is 36.8 Å². The van der Waals surface area contributed by atoms with Gasteiger partial charge < -0.3 is 9.84 Å². The Morgan fingerprint density at radius 3 is 2.04 bits per heavy atom. The van der Waals surface area contributed by atoms with Gasteiger partial charge in [0.05, 0.1) is 24.7 Å². The van der Waals surface area contributed by atoms with E-state index in [0.29, 0.717) is 27.9 Å². The Morgan fingerprint density at radius 1 is 0.735 bits per heavy atom. The molecule has 0 bridgehead atoms. The zero-order chi connectivity index (χ0) is 35.2. The molecule has 0 fully saturated rings. The number of aryl methyl sites for hydroxylation is 2. The monoisotopic (exact) mass is 801 g/mol. The molecular weight excluding hydrogens is 775 g/mol. The summed E-state index contributed by atoms with van der Waals surface area (Å²) in [5.41, 5.74) is 1.41. The van der Waals surface area contributed by atoms with Crippen molar-refractivity contribution in [2.45, 2.75) is 23.6 Å². The standard InChI is InChI=1S/C30H26N5O10S3.Y/c1-16-10-20(14-23-21(16)6-5-7-27(23)47(39,40)41)31-32-24-15-26(45-3)25(11-17(24)2)33-34-29-28(48(42,43)44)13-18-12-19(35-46(4,37)38)8-9-22(18)30(29)36;/h6-15,35-36H,1-4H3,(H,39,40,41)(H,42,43,44);/q-1;. The van der Waals surface area contributed by atoms with Gasteiger partial charge in [-0.25, -0.2) is 16.8 Å². The Bertz CT molecular complexity index is 2540. The van der Waals surface area contributed by atoms with Gasteiger partial charge in [-0.05, 0) is 65.2 Å². The average molecular weight is 802 g/mol. The van der Waals surface area contributed by atoms with Gasteiger partial charge in [0.15, 0.2) is 5.75 Å². The van der Waals surface area contributed by atoms with E-state index >= 15 is 0 Å². The van der Waals surface area contributed by atoms with Crippen LogP contribution in [0, 0.1) is 19.9 Å². The van der Waals surface area contributed by atoms with Crippen LogP contribution in [0.15, 0.2) is 90.9 Å². The van der Waals surface area contributed by atoms with Crippen molar-refractivity contribution in [3.8, 4) is 11.5 Å². The van der Waals surface area contributed by atoms with Crippen LogP contribution in [0.25, 0.3) is 21.5 Å². The number of methoxy groups -OCH3 is 1. The molecule has 5 rings (SSSR count). The Balaban J connectivity index is 0.00000541. The van der Waals surface area contributed by atoms with Crippen molar-refractivity contribution in [3.05, 3.63) is 77.9 Å². The molecule has 0 heterocycles. The fraction of sp³-hybridized carbons (Fsp3) is 0.133. The van der Waals surface area contributed by atoms with Crippen molar-refractivity contribution in [2.24, 2.45) is 20.5 Å². The molecule has 0 unspecified atom stereocenters. The zero-order valence-electron chi connectivity index (χ0n) is 26.1. The number of hydrogen-bond acceptors (Lipinski definition) is 12. The van der Waals surface area contributed by atoms with E-state index in [1.165, 1.54) is 43.5 Å². The van der Waals surface area contributed by atoms with Gasteiger partial charge in [0, 0.05) is 49.8 Å². The van der Waals surface area contributed by atoms with Crippen LogP contribution in [-0.2, 0) is 63.0 Å². The molecule has 0 aromatic heterocycles. The second kappa shape index (κ2) is 14.1. The van der Waals surface area contributed by atoms with Crippen LogP contribution in [0.3, 0.4) is 0 Å². The summed E-state index contributed by atoms with van der Waals surface area (Å²) >= 11 is 0. The molecule has 0 saturated heterocycles. The fourth-order valence-corrected chi connectivity index (χ4v) is 6.75. The molecule has 49 heavy (non-hydrogen) atoms. The third-order valence-electron chi connectivity index (χ3n) is 7.02. The first-order valence-electron chi connectivity index (χ1n) is 13.5. The topological polar surface area (TPSA) is 234 Å². The zero-order valence-corrected chi connectivity index (χ0v) is 31.4. The van der Waals surface area contributed by atoms with Gasteiger partial charge in [0.2, 0.25) is 20.1 Å². The Hall–Kier alpha value is -3.91. The molecule has 19 heteroatoms. The number of nitrogens with one attached hydrogen (secondary N) is 1. The summed E-state index contributed by atoms with van der Waals surface area (Å²) in [6.07, 6.45) is 0.933. The summed E-state index contributed by atoms with van der Waals surface area (Å²) in [4.78, 5) is -1.11. The molecule has 1 radical (unpaired) electrons. The van der Waals surface area contributed by atoms with Crippen molar-refractivity contribution >= 4 is 80.2 Å². The van der Waals surface area contributed by atoms with Crippen molar-refractivity contribution in [3.63, 3.8) is 0 Å². The van der Waals surface area contributed by atoms with Crippen LogP contribution >= 0.6 is 0 Å². The molecule has 0 spiro atoms. The number of ether oxygens (including phenoxy) is 1. The average Bonchev–Trinajstić information content (AvgIpc) is 2.98. The third-order valence-corrected chi connectivity index (χ3v) is 9.38. The van der Waals surface area contributed by atoms with Crippen LogP contribution in [0.5, 0.6) is 11.5 Å². The summed E-state index contributed by atoms with van der Waals surface area (Å²) in [5, 5.41) is 28.5. The van der Waals surface area contributed by atoms with Gasteiger partial charge in [-0.3, -0.25) is 13.8 Å². The number of nitrogens with zero attached hydrogens (tertiary/aromatic N) is 4. The van der Waals surface area contributed by atoms with Crippen molar-refractivity contribution < 1.29 is 76.9 Å². The van der Waals surface area contributed by atoms with E-state index in [2.05, 4.69) is 31.2 Å². The van der Waals surface area contributed by atoms with Crippen LogP contribution in [0.4, 0.5) is 28.4 Å². The second-order valence-corrected chi connectivity index (χ2v) is 15.1. The maximum atomic E-state index is 12.3. The summed E-state index contributed by atoms with van der Waals surface area (Å²) in [6.45, 7) is 3.41. The number of azo groups is 2. The quantitative estimate of drug-likeness (QED) is 0.0690. The van der Waals surface area contributed by atoms with E-state index in [0.717, 1.165) is 18.4 Å². The molecule has 0 saturated carbocycles. The predicted molar refractivity (Wildman–Crippen MR) is 177 cm³/mol. The van der Waals surface area contributed by atoms with E-state index in [9.17, 15) is 39.5 Å². The van der Waals surface area contributed by atoms with Gasteiger partial charge in [0.1, 0.15) is 22.0 Å². The minimum Gasteiger partial charge on any atom is -0.505 e. The Kier molecular flexibility index (Phi) is 10.9. The second-order valence-electron chi connectivity index (χ2n) is 10.6. The van der Waals surface area contributed by atoms with Crippen molar-refractivity contribution in [2.75, 3.05) is 18.1 Å². The van der Waals surface area contributed by atoms with Crippen LogP contribution in [0.2, 0.25) is 0 Å². The molecule has 15 nitrogen and oxygen atoms in total. The molecule has 5 aromatic rings. The molecule has 253 valence electrons. The summed E-state index contributed by atoms with van der Waals surface area (Å²) < 4.78 is 98.9. The number of anilines is 1. The van der Waals surface area contributed by atoms with Crippen LogP contribution in [0.1, 0.15) is 11.1 Å². The molecule has 0 aliphatic heterocycles. The minimum absolute atomic E-state index is 0. The maximum absolute atomic E-state index is 12.3. The van der Waals surface area contributed by atoms with E-state index in [1.807, 2.05) is 0 Å². The molecule has 0 aliphatic carbocycles. The van der Waals surface area contributed by atoms with Crippen LogP contribution in [-0.4, -0.2) is 52.8 Å². The van der Waals surface area contributed by atoms with E-state index in [4.69, 9.17) is 4.74 Å². The number of aromatic hydroxyl groups is 1. The number of phenols is 1. The first-order chi connectivity index (χ1) is 22.4. The number of rotatable bonds is 9. The molecule has 0 atom stereocenters. The van der Waals surface area contributed by atoms with Gasteiger partial charge in [0.25, 0.3) is 10.1 Å². The number of fused-ring (bicyclic) bond motifs is 2. The molecule has 4 N–H and O–H groups in total. The molecule has 5 aromatic carbocycles. The predicted octanol–water partition coefficient (Wildman–Crippen LogP) is 6.82. The first kappa shape index (κ1) is 37.9. The smallest absolute Gasteiger partial charge is 0.296 e. The van der Waals surface area contributed by atoms with E-state index < -0.39 is 46.6 Å². The minimum atomic E-state index is -4.95. The first-order valence-corrected chi connectivity index (χ1v) is 18.3. The normalized spacial score (nSPS) is 12.5. The molecule has 0 amide bonds.